The van der Waals surface area contributed by atoms with E-state index in [0.717, 1.165) is 32.0 Å². The van der Waals surface area contributed by atoms with E-state index in [-0.39, 0.29) is 0 Å². The third kappa shape index (κ3) is 2.60. The van der Waals surface area contributed by atoms with Gasteiger partial charge in [-0.25, -0.2) is 4.98 Å². The lowest BCUT2D eigenvalue weighted by Crippen LogP contribution is -2.47. The average Bonchev–Trinajstić information content (AvgIpc) is 2.30. The van der Waals surface area contributed by atoms with Crippen LogP contribution in [0.25, 0.3) is 0 Å². The number of pyridine rings is 1. The third-order valence-electron chi connectivity index (χ3n) is 2.52. The van der Waals surface area contributed by atoms with Crippen molar-refractivity contribution in [2.24, 2.45) is 0 Å². The maximum Gasteiger partial charge on any atom is 0.133 e. The van der Waals surface area contributed by atoms with Gasteiger partial charge in [-0.05, 0) is 12.1 Å². The van der Waals surface area contributed by atoms with Crippen molar-refractivity contribution in [3.8, 4) is 0 Å². The first kappa shape index (κ1) is 10.7. The Balaban J connectivity index is 1.97. The molecule has 0 N–H and O–H groups in total. The summed E-state index contributed by atoms with van der Waals surface area (Å²) in [5, 5.41) is 0. The van der Waals surface area contributed by atoms with E-state index in [0.29, 0.717) is 4.32 Å². The molecule has 80 valence electrons. The Morgan fingerprint density at radius 3 is 2.53 bits per heavy atom. The largest absolute Gasteiger partial charge is 0.354 e. The summed E-state index contributed by atoms with van der Waals surface area (Å²) in [7, 11) is 0. The molecule has 1 aromatic rings. The minimum atomic E-state index is 0.690. The van der Waals surface area contributed by atoms with Crippen LogP contribution in [0.1, 0.15) is 0 Å². The van der Waals surface area contributed by atoms with Gasteiger partial charge in [0.05, 0.1) is 0 Å². The van der Waals surface area contributed by atoms with Crippen LogP contribution in [0.5, 0.6) is 0 Å². The van der Waals surface area contributed by atoms with Crippen molar-refractivity contribution < 1.29 is 0 Å². The fourth-order valence-electron chi connectivity index (χ4n) is 1.67. The van der Waals surface area contributed by atoms with Gasteiger partial charge in [0, 0.05) is 32.4 Å². The molecule has 0 atom stereocenters. The number of rotatable bonds is 1. The normalized spacial score (nSPS) is 16.6. The summed E-state index contributed by atoms with van der Waals surface area (Å²) >= 11 is 9.21. The molecule has 0 aromatic carbocycles. The molecule has 3 nitrogen and oxygen atoms in total. The quantitative estimate of drug-likeness (QED) is 0.590. The Morgan fingerprint density at radius 2 is 2.00 bits per heavy atom. The van der Waals surface area contributed by atoms with Crippen molar-refractivity contribution in [3.05, 3.63) is 24.4 Å². The van der Waals surface area contributed by atoms with Crippen LogP contribution in [-0.2, 0) is 0 Å². The fourth-order valence-corrected chi connectivity index (χ4v) is 2.05. The van der Waals surface area contributed by atoms with Crippen LogP contribution in [0.4, 0.5) is 5.82 Å². The smallest absolute Gasteiger partial charge is 0.133 e. The van der Waals surface area contributed by atoms with Gasteiger partial charge in [-0.3, -0.25) is 0 Å². The van der Waals surface area contributed by atoms with Crippen LogP contribution >= 0.6 is 24.8 Å². The summed E-state index contributed by atoms with van der Waals surface area (Å²) in [5.41, 5.74) is 0. The highest BCUT2D eigenvalue weighted by Crippen LogP contribution is 2.13. The van der Waals surface area contributed by atoms with Gasteiger partial charge in [-0.1, -0.05) is 18.3 Å². The van der Waals surface area contributed by atoms with Gasteiger partial charge in [-0.2, -0.15) is 0 Å². The zero-order chi connectivity index (χ0) is 10.7. The molecule has 1 fully saturated rings. The maximum absolute atomic E-state index is 5.03. The predicted molar refractivity (Wildman–Crippen MR) is 69.6 cm³/mol. The molecule has 1 aliphatic rings. The van der Waals surface area contributed by atoms with Gasteiger partial charge in [0.2, 0.25) is 0 Å². The van der Waals surface area contributed by atoms with Crippen molar-refractivity contribution in [2.75, 3.05) is 31.1 Å². The average molecular weight is 239 g/mol. The number of hydrogen-bond donors (Lipinski definition) is 1. The molecular weight excluding hydrogens is 226 g/mol. The van der Waals surface area contributed by atoms with E-state index in [1.54, 1.807) is 0 Å². The maximum atomic E-state index is 5.03. The molecule has 2 rings (SSSR count). The zero-order valence-corrected chi connectivity index (χ0v) is 10.0. The van der Waals surface area contributed by atoms with E-state index >= 15 is 0 Å². The highest BCUT2D eigenvalue weighted by molar-refractivity contribution is 8.10. The fraction of sp³-hybridized carbons (Fsp3) is 0.400. The van der Waals surface area contributed by atoms with Crippen molar-refractivity contribution in [3.63, 3.8) is 0 Å². The van der Waals surface area contributed by atoms with Crippen LogP contribution in [0.3, 0.4) is 0 Å². The molecule has 2 heterocycles. The first-order valence-electron chi connectivity index (χ1n) is 4.91. The molecule has 1 saturated heterocycles. The van der Waals surface area contributed by atoms with Gasteiger partial charge in [0.1, 0.15) is 10.1 Å². The monoisotopic (exact) mass is 239 g/mol. The minimum absolute atomic E-state index is 0.690. The Kier molecular flexibility index (Phi) is 3.43. The Bertz CT molecular complexity index is 334. The van der Waals surface area contributed by atoms with E-state index < -0.39 is 0 Å². The van der Waals surface area contributed by atoms with Gasteiger partial charge in [0.25, 0.3) is 0 Å². The van der Waals surface area contributed by atoms with Crippen LogP contribution < -0.4 is 4.90 Å². The number of piperazine rings is 1. The van der Waals surface area contributed by atoms with E-state index in [1.165, 1.54) is 0 Å². The lowest BCUT2D eigenvalue weighted by Gasteiger charge is -2.35. The van der Waals surface area contributed by atoms with E-state index in [2.05, 4.69) is 27.4 Å². The Morgan fingerprint density at radius 1 is 1.27 bits per heavy atom. The van der Waals surface area contributed by atoms with Gasteiger partial charge in [-0.15, -0.1) is 12.6 Å². The molecule has 5 heteroatoms. The van der Waals surface area contributed by atoms with Gasteiger partial charge in [0.15, 0.2) is 0 Å². The van der Waals surface area contributed by atoms with E-state index in [1.807, 2.05) is 24.4 Å². The van der Waals surface area contributed by atoms with Crippen LogP contribution in [0, 0.1) is 0 Å². The summed E-state index contributed by atoms with van der Waals surface area (Å²) in [5.74, 6) is 1.04. The molecular formula is C10H13N3S2. The van der Waals surface area contributed by atoms with E-state index in [9.17, 15) is 0 Å². The molecule has 15 heavy (non-hydrogen) atoms. The second kappa shape index (κ2) is 4.81. The molecule has 1 aliphatic heterocycles. The molecule has 0 bridgehead atoms. The SMILES string of the molecule is S=C(S)N1CCN(c2ccccn2)CC1. The van der Waals surface area contributed by atoms with Crippen LogP contribution in [0.15, 0.2) is 24.4 Å². The molecule has 1 aromatic heterocycles. The van der Waals surface area contributed by atoms with Crippen molar-refractivity contribution in [1.82, 2.24) is 9.88 Å². The number of thiol groups is 1. The number of hydrogen-bond acceptors (Lipinski definition) is 3. The van der Waals surface area contributed by atoms with Gasteiger partial charge >= 0.3 is 0 Å². The molecule has 0 spiro atoms. The lowest BCUT2D eigenvalue weighted by atomic mass is 10.3. The number of thiocarbonyl (C=S) groups is 1. The number of nitrogens with zero attached hydrogens (tertiary/aromatic N) is 3. The summed E-state index contributed by atoms with van der Waals surface area (Å²) < 4.78 is 0.690. The second-order valence-corrected chi connectivity index (χ2v) is 4.56. The van der Waals surface area contributed by atoms with Gasteiger partial charge < -0.3 is 9.80 Å². The molecule has 0 radical (unpaired) electrons. The molecule has 0 unspecified atom stereocenters. The summed E-state index contributed by atoms with van der Waals surface area (Å²) in [6, 6.07) is 5.98. The van der Waals surface area contributed by atoms with Crippen molar-refractivity contribution in [2.45, 2.75) is 0 Å². The second-order valence-electron chi connectivity index (χ2n) is 3.44. The Labute approximate surface area is 101 Å². The zero-order valence-electron chi connectivity index (χ0n) is 8.33. The summed E-state index contributed by atoms with van der Waals surface area (Å²) in [6.45, 7) is 3.77. The minimum Gasteiger partial charge on any atom is -0.354 e. The first-order valence-corrected chi connectivity index (χ1v) is 5.77. The van der Waals surface area contributed by atoms with Crippen molar-refractivity contribution in [1.29, 1.82) is 0 Å². The molecule has 0 amide bonds. The molecule has 0 saturated carbocycles. The van der Waals surface area contributed by atoms with Crippen LogP contribution in [-0.4, -0.2) is 40.4 Å². The predicted octanol–water partition coefficient (Wildman–Crippen LogP) is 1.42. The number of aromatic nitrogens is 1. The molecule has 0 aliphatic carbocycles. The Hall–Kier alpha value is -0.810. The van der Waals surface area contributed by atoms with E-state index in [4.69, 9.17) is 12.2 Å². The van der Waals surface area contributed by atoms with Crippen LogP contribution in [0.2, 0.25) is 0 Å². The summed E-state index contributed by atoms with van der Waals surface area (Å²) in [4.78, 5) is 8.70. The highest BCUT2D eigenvalue weighted by Gasteiger charge is 2.17. The standard InChI is InChI=1S/C10H13N3S2/c14-10(15)13-7-5-12(6-8-13)9-3-1-2-4-11-9/h1-4H,5-8H2,(H,14,15). The third-order valence-corrected chi connectivity index (χ3v) is 3.06. The van der Waals surface area contributed by atoms with Crippen molar-refractivity contribution >= 4 is 35.0 Å². The highest BCUT2D eigenvalue weighted by atomic mass is 32.1. The number of anilines is 1. The first-order chi connectivity index (χ1) is 7.27. The summed E-state index contributed by atoms with van der Waals surface area (Å²) in [6.07, 6.45) is 1.82. The topological polar surface area (TPSA) is 19.4 Å². The lowest BCUT2D eigenvalue weighted by molar-refractivity contribution is 0.396.